The number of hydrogen-bond acceptors (Lipinski definition) is 3. The number of aromatic amines is 1. The van der Waals surface area contributed by atoms with E-state index in [4.69, 9.17) is 21.7 Å². The zero-order valence-corrected chi connectivity index (χ0v) is 12.1. The van der Waals surface area contributed by atoms with Crippen LogP contribution in [0.25, 0.3) is 10.9 Å². The molecule has 3 rings (SSSR count). The van der Waals surface area contributed by atoms with E-state index in [1.807, 2.05) is 23.1 Å². The monoisotopic (exact) mass is 292 g/mol. The number of piperidine rings is 1. The maximum Gasteiger partial charge on any atom is 0.284 e. The predicted molar refractivity (Wildman–Crippen MR) is 79.4 cm³/mol. The summed E-state index contributed by atoms with van der Waals surface area (Å²) in [4.78, 5) is 1.96. The van der Waals surface area contributed by atoms with Crippen LogP contribution >= 0.6 is 11.6 Å². The van der Waals surface area contributed by atoms with Gasteiger partial charge in [-0.2, -0.15) is 5.10 Å². The van der Waals surface area contributed by atoms with Crippen LogP contribution in [-0.2, 0) is 4.74 Å². The first kappa shape index (κ1) is 13.2. The summed E-state index contributed by atoms with van der Waals surface area (Å²) in [5, 5.41) is 17.1. The van der Waals surface area contributed by atoms with Gasteiger partial charge in [-0.3, -0.25) is 10.5 Å². The van der Waals surface area contributed by atoms with Crippen molar-refractivity contribution in [2.24, 2.45) is 0 Å². The fourth-order valence-electron chi connectivity index (χ4n) is 2.81. The van der Waals surface area contributed by atoms with Crippen LogP contribution in [0.15, 0.2) is 18.2 Å². The third-order valence-corrected chi connectivity index (χ3v) is 4.15. The average molecular weight is 293 g/mol. The standard InChI is InChI=1S/C14H17ClN4O/c1-20-14(16)19-6-4-9(5-7-19)13-11-3-2-10(15)8-12(11)17-18-13/h2-3,8-9,16H,4-7H2,1H3,(H,17,18). The number of fused-ring (bicyclic) bond motifs is 1. The van der Waals surface area contributed by atoms with Gasteiger partial charge in [0.15, 0.2) is 0 Å². The van der Waals surface area contributed by atoms with Gasteiger partial charge in [0, 0.05) is 29.4 Å². The van der Waals surface area contributed by atoms with Crippen molar-refractivity contribution in [2.75, 3.05) is 20.2 Å². The van der Waals surface area contributed by atoms with E-state index in [1.165, 1.54) is 0 Å². The highest BCUT2D eigenvalue weighted by Crippen LogP contribution is 2.32. The molecule has 6 heteroatoms. The molecular formula is C14H17ClN4O. The van der Waals surface area contributed by atoms with E-state index in [2.05, 4.69) is 10.2 Å². The van der Waals surface area contributed by atoms with E-state index in [1.54, 1.807) is 7.11 Å². The van der Waals surface area contributed by atoms with E-state index in [9.17, 15) is 0 Å². The van der Waals surface area contributed by atoms with Crippen molar-refractivity contribution in [1.82, 2.24) is 15.1 Å². The van der Waals surface area contributed by atoms with Crippen LogP contribution < -0.4 is 0 Å². The summed E-state index contributed by atoms with van der Waals surface area (Å²) in [5.74, 6) is 0.422. The summed E-state index contributed by atoms with van der Waals surface area (Å²) < 4.78 is 4.97. The summed E-state index contributed by atoms with van der Waals surface area (Å²) in [5.41, 5.74) is 2.10. The lowest BCUT2D eigenvalue weighted by molar-refractivity contribution is 0.235. The number of hydrogen-bond donors (Lipinski definition) is 2. The van der Waals surface area contributed by atoms with E-state index in [0.717, 1.165) is 47.6 Å². The van der Waals surface area contributed by atoms with Gasteiger partial charge in [-0.15, -0.1) is 0 Å². The lowest BCUT2D eigenvalue weighted by atomic mass is 9.92. The van der Waals surface area contributed by atoms with Crippen LogP contribution in [0.1, 0.15) is 24.5 Å². The number of ether oxygens (including phenoxy) is 1. The first-order chi connectivity index (χ1) is 9.69. The number of methoxy groups -OCH3 is 1. The Labute approximate surface area is 122 Å². The van der Waals surface area contributed by atoms with E-state index in [-0.39, 0.29) is 6.02 Å². The topological polar surface area (TPSA) is 65.0 Å². The van der Waals surface area contributed by atoms with Gasteiger partial charge in [0.2, 0.25) is 0 Å². The lowest BCUT2D eigenvalue weighted by Gasteiger charge is -2.31. The largest absolute Gasteiger partial charge is 0.469 e. The van der Waals surface area contributed by atoms with Crippen molar-refractivity contribution in [1.29, 1.82) is 5.41 Å². The van der Waals surface area contributed by atoms with Gasteiger partial charge in [0.25, 0.3) is 6.02 Å². The molecule has 0 unspecified atom stereocenters. The number of amidine groups is 1. The Hall–Kier alpha value is -1.75. The average Bonchev–Trinajstić information content (AvgIpc) is 2.89. The summed E-state index contributed by atoms with van der Waals surface area (Å²) in [6.07, 6.45) is 1.96. The first-order valence-corrected chi connectivity index (χ1v) is 7.08. The van der Waals surface area contributed by atoms with Crippen LogP contribution in [0, 0.1) is 5.41 Å². The van der Waals surface area contributed by atoms with Gasteiger partial charge in [-0.25, -0.2) is 0 Å². The molecule has 1 aliphatic rings. The van der Waals surface area contributed by atoms with Gasteiger partial charge < -0.3 is 9.64 Å². The van der Waals surface area contributed by atoms with Crippen molar-refractivity contribution in [3.8, 4) is 0 Å². The Morgan fingerprint density at radius 2 is 2.20 bits per heavy atom. The number of nitrogens with zero attached hydrogens (tertiary/aromatic N) is 2. The van der Waals surface area contributed by atoms with E-state index < -0.39 is 0 Å². The fraction of sp³-hybridized carbons (Fsp3) is 0.429. The lowest BCUT2D eigenvalue weighted by Crippen LogP contribution is -2.38. The maximum atomic E-state index is 7.69. The number of H-pyrrole nitrogens is 1. The fourth-order valence-corrected chi connectivity index (χ4v) is 2.98. The van der Waals surface area contributed by atoms with Crippen LogP contribution in [0.3, 0.4) is 0 Å². The molecule has 0 radical (unpaired) electrons. The van der Waals surface area contributed by atoms with Gasteiger partial charge >= 0.3 is 0 Å². The number of likely N-dealkylation sites (tertiary alicyclic amines) is 1. The second kappa shape index (κ2) is 5.32. The zero-order valence-electron chi connectivity index (χ0n) is 11.3. The molecule has 0 atom stereocenters. The van der Waals surface area contributed by atoms with Crippen LogP contribution in [0.5, 0.6) is 0 Å². The molecule has 5 nitrogen and oxygen atoms in total. The van der Waals surface area contributed by atoms with Crippen LogP contribution in [0.2, 0.25) is 5.02 Å². The minimum atomic E-state index is 0.252. The Kier molecular flexibility index (Phi) is 3.53. The molecule has 0 saturated carbocycles. The molecule has 2 N–H and O–H groups in total. The number of halogens is 1. The maximum absolute atomic E-state index is 7.69. The summed E-state index contributed by atoms with van der Waals surface area (Å²) >= 11 is 5.99. The predicted octanol–water partition coefficient (Wildman–Crippen LogP) is 2.98. The van der Waals surface area contributed by atoms with Crippen molar-refractivity contribution in [3.63, 3.8) is 0 Å². The Balaban J connectivity index is 1.78. The number of rotatable bonds is 1. The number of benzene rings is 1. The molecule has 1 aromatic heterocycles. The molecule has 0 spiro atoms. The SMILES string of the molecule is COC(=N)N1CCC(c2n[nH]c3cc(Cl)ccc23)CC1. The number of aromatic nitrogens is 2. The summed E-state index contributed by atoms with van der Waals surface area (Å²) in [6.45, 7) is 1.67. The molecule has 2 heterocycles. The highest BCUT2D eigenvalue weighted by atomic mass is 35.5. The van der Waals surface area contributed by atoms with Crippen LogP contribution in [0.4, 0.5) is 0 Å². The zero-order chi connectivity index (χ0) is 14.1. The highest BCUT2D eigenvalue weighted by molar-refractivity contribution is 6.31. The second-order valence-electron chi connectivity index (χ2n) is 5.07. The Morgan fingerprint density at radius 1 is 1.45 bits per heavy atom. The van der Waals surface area contributed by atoms with E-state index >= 15 is 0 Å². The molecule has 2 aromatic rings. The molecule has 0 bridgehead atoms. The Bertz CT molecular complexity index is 631. The van der Waals surface area contributed by atoms with Crippen molar-refractivity contribution in [2.45, 2.75) is 18.8 Å². The molecule has 0 aliphatic carbocycles. The molecule has 1 saturated heterocycles. The molecule has 1 fully saturated rings. The van der Waals surface area contributed by atoms with Gasteiger partial charge in [-0.1, -0.05) is 11.6 Å². The van der Waals surface area contributed by atoms with Gasteiger partial charge in [-0.05, 0) is 31.0 Å². The first-order valence-electron chi connectivity index (χ1n) is 6.70. The molecular weight excluding hydrogens is 276 g/mol. The van der Waals surface area contributed by atoms with Gasteiger partial charge in [0.05, 0.1) is 18.3 Å². The summed E-state index contributed by atoms with van der Waals surface area (Å²) in [7, 11) is 1.54. The number of nitrogens with one attached hydrogen (secondary N) is 2. The van der Waals surface area contributed by atoms with E-state index in [0.29, 0.717) is 5.92 Å². The van der Waals surface area contributed by atoms with Crippen molar-refractivity contribution >= 4 is 28.5 Å². The van der Waals surface area contributed by atoms with Crippen LogP contribution in [-0.4, -0.2) is 41.3 Å². The normalized spacial score (nSPS) is 16.6. The molecule has 1 aliphatic heterocycles. The third kappa shape index (κ3) is 2.33. The van der Waals surface area contributed by atoms with Crippen molar-refractivity contribution < 1.29 is 4.74 Å². The summed E-state index contributed by atoms with van der Waals surface area (Å²) in [6, 6.07) is 6.09. The third-order valence-electron chi connectivity index (χ3n) is 3.92. The second-order valence-corrected chi connectivity index (χ2v) is 5.51. The minimum Gasteiger partial charge on any atom is -0.469 e. The highest BCUT2D eigenvalue weighted by Gasteiger charge is 2.25. The molecule has 106 valence electrons. The molecule has 0 amide bonds. The van der Waals surface area contributed by atoms with Crippen molar-refractivity contribution in [3.05, 3.63) is 28.9 Å². The Morgan fingerprint density at radius 3 is 2.90 bits per heavy atom. The van der Waals surface area contributed by atoms with Gasteiger partial charge in [0.1, 0.15) is 0 Å². The smallest absolute Gasteiger partial charge is 0.284 e. The molecule has 20 heavy (non-hydrogen) atoms. The quantitative estimate of drug-likeness (QED) is 0.627. The minimum absolute atomic E-state index is 0.252. The molecule has 1 aromatic carbocycles.